The molecule has 4 rings (SSSR count). The van der Waals surface area contributed by atoms with Gasteiger partial charge < -0.3 is 10.2 Å². The van der Waals surface area contributed by atoms with Crippen molar-refractivity contribution >= 4 is 17.7 Å². The second-order valence-corrected chi connectivity index (χ2v) is 7.37. The summed E-state index contributed by atoms with van der Waals surface area (Å²) in [7, 11) is 0. The van der Waals surface area contributed by atoms with E-state index in [1.165, 1.54) is 30.5 Å². The topological polar surface area (TPSA) is 71.0 Å². The Bertz CT molecular complexity index is 1100. The molecule has 1 aromatic carbocycles. The number of anilines is 2. The first-order chi connectivity index (χ1) is 15.3. The molecule has 0 spiro atoms. The lowest BCUT2D eigenvalue weighted by Gasteiger charge is -2.35. The summed E-state index contributed by atoms with van der Waals surface area (Å²) in [4.78, 5) is 27.1. The van der Waals surface area contributed by atoms with Gasteiger partial charge in [-0.3, -0.25) is 4.79 Å². The minimum Gasteiger partial charge on any atom is -0.330 e. The van der Waals surface area contributed by atoms with E-state index >= 15 is 0 Å². The van der Waals surface area contributed by atoms with E-state index in [2.05, 4.69) is 20.3 Å². The van der Waals surface area contributed by atoms with Gasteiger partial charge in [-0.2, -0.15) is 13.2 Å². The van der Waals surface area contributed by atoms with Crippen LogP contribution >= 0.6 is 0 Å². The van der Waals surface area contributed by atoms with E-state index in [9.17, 15) is 22.4 Å². The van der Waals surface area contributed by atoms with Crippen LogP contribution in [0.5, 0.6) is 0 Å². The maximum Gasteiger partial charge on any atom is 0.416 e. The van der Waals surface area contributed by atoms with Gasteiger partial charge >= 0.3 is 6.18 Å². The number of piperidine rings is 1. The van der Waals surface area contributed by atoms with Crippen molar-refractivity contribution < 1.29 is 22.4 Å². The van der Waals surface area contributed by atoms with Crippen LogP contribution in [0.15, 0.2) is 54.9 Å². The van der Waals surface area contributed by atoms with E-state index in [1.807, 2.05) is 0 Å². The van der Waals surface area contributed by atoms with Crippen molar-refractivity contribution in [1.82, 2.24) is 19.9 Å². The zero-order chi connectivity index (χ0) is 22.7. The number of pyridine rings is 1. The van der Waals surface area contributed by atoms with Gasteiger partial charge in [0.25, 0.3) is 5.91 Å². The number of likely N-dealkylation sites (tertiary alicyclic amines) is 1. The molecule has 1 saturated heterocycles. The average molecular weight is 445 g/mol. The smallest absolute Gasteiger partial charge is 0.330 e. The van der Waals surface area contributed by atoms with Gasteiger partial charge in [0.2, 0.25) is 5.95 Å². The largest absolute Gasteiger partial charge is 0.416 e. The number of alkyl halides is 3. The molecule has 0 bridgehead atoms. The first-order valence-electron chi connectivity index (χ1n) is 10.0. The van der Waals surface area contributed by atoms with Gasteiger partial charge in [-0.05, 0) is 61.7 Å². The van der Waals surface area contributed by atoms with E-state index in [4.69, 9.17) is 0 Å². The third-order valence-electron chi connectivity index (χ3n) is 5.20. The molecule has 1 N–H and O–H groups in total. The predicted octanol–water partition coefficient (Wildman–Crippen LogP) is 5.14. The van der Waals surface area contributed by atoms with E-state index in [0.29, 0.717) is 24.2 Å². The third-order valence-corrected chi connectivity index (χ3v) is 5.20. The van der Waals surface area contributed by atoms with Gasteiger partial charge in [-0.1, -0.05) is 0 Å². The summed E-state index contributed by atoms with van der Waals surface area (Å²) < 4.78 is 52.1. The van der Waals surface area contributed by atoms with E-state index in [0.717, 1.165) is 31.2 Å². The SMILES string of the molecule is O=C(c1ccc(F)cc1)N1CCCCC1c1ccnc(Nc2cc(C(F)(F)F)ccn2)n1. The van der Waals surface area contributed by atoms with Crippen LogP contribution in [0.3, 0.4) is 0 Å². The summed E-state index contributed by atoms with van der Waals surface area (Å²) in [6.07, 6.45) is 0.427. The third kappa shape index (κ3) is 4.84. The van der Waals surface area contributed by atoms with Crippen molar-refractivity contribution in [3.63, 3.8) is 0 Å². The lowest BCUT2D eigenvalue weighted by Crippen LogP contribution is -2.39. The Morgan fingerprint density at radius 2 is 1.78 bits per heavy atom. The maximum atomic E-state index is 13.2. The highest BCUT2D eigenvalue weighted by Gasteiger charge is 2.31. The molecule has 3 aromatic rings. The standard InChI is InChI=1S/C22H19F4N5O/c23-16-6-4-14(5-7-16)20(32)31-12-2-1-3-18(31)17-9-11-28-21(29-17)30-19-13-15(8-10-27-19)22(24,25)26/h4-11,13,18H,1-3,12H2,(H,27,28,29,30). The van der Waals surface area contributed by atoms with Crippen LogP contribution in [0.2, 0.25) is 0 Å². The molecule has 6 nitrogen and oxygen atoms in total. The Morgan fingerprint density at radius 3 is 2.53 bits per heavy atom. The van der Waals surface area contributed by atoms with Crippen LogP contribution in [-0.4, -0.2) is 32.3 Å². The number of benzene rings is 1. The first kappa shape index (κ1) is 21.7. The number of hydrogen-bond acceptors (Lipinski definition) is 5. The number of carbonyl (C=O) groups is 1. The molecule has 32 heavy (non-hydrogen) atoms. The van der Waals surface area contributed by atoms with Crippen LogP contribution < -0.4 is 5.32 Å². The fraction of sp³-hybridized carbons (Fsp3) is 0.273. The van der Waals surface area contributed by atoms with Gasteiger partial charge in [0.15, 0.2) is 0 Å². The second-order valence-electron chi connectivity index (χ2n) is 7.37. The normalized spacial score (nSPS) is 16.6. The van der Waals surface area contributed by atoms with Crippen molar-refractivity contribution in [3.8, 4) is 0 Å². The Kier molecular flexibility index (Phi) is 6.02. The maximum absolute atomic E-state index is 13.2. The van der Waals surface area contributed by atoms with Gasteiger partial charge in [-0.25, -0.2) is 19.3 Å². The Balaban J connectivity index is 1.57. The summed E-state index contributed by atoms with van der Waals surface area (Å²) in [6.45, 7) is 0.517. The van der Waals surface area contributed by atoms with Crippen LogP contribution in [-0.2, 0) is 6.18 Å². The highest BCUT2D eigenvalue weighted by molar-refractivity contribution is 5.94. The van der Waals surface area contributed by atoms with Crippen molar-refractivity contribution in [2.75, 3.05) is 11.9 Å². The van der Waals surface area contributed by atoms with Gasteiger partial charge in [0, 0.05) is 24.5 Å². The molecule has 166 valence electrons. The summed E-state index contributed by atoms with van der Waals surface area (Å²) >= 11 is 0. The number of nitrogens with one attached hydrogen (secondary N) is 1. The van der Waals surface area contributed by atoms with Crippen molar-refractivity contribution in [2.24, 2.45) is 0 Å². The second kappa shape index (κ2) is 8.89. The number of halogens is 4. The lowest BCUT2D eigenvalue weighted by molar-refractivity contribution is -0.137. The van der Waals surface area contributed by atoms with Crippen molar-refractivity contribution in [2.45, 2.75) is 31.5 Å². The molecule has 2 aromatic heterocycles. The number of aromatic nitrogens is 3. The van der Waals surface area contributed by atoms with Crippen LogP contribution in [0.25, 0.3) is 0 Å². The lowest BCUT2D eigenvalue weighted by atomic mass is 9.98. The number of rotatable bonds is 4. The molecule has 1 aliphatic rings. The predicted molar refractivity (Wildman–Crippen MR) is 109 cm³/mol. The summed E-state index contributed by atoms with van der Waals surface area (Å²) in [5, 5.41) is 2.70. The number of nitrogens with zero attached hydrogens (tertiary/aromatic N) is 4. The van der Waals surface area contributed by atoms with Gasteiger partial charge in [0.1, 0.15) is 11.6 Å². The number of amides is 1. The van der Waals surface area contributed by atoms with Crippen molar-refractivity contribution in [3.05, 3.63) is 77.5 Å². The molecule has 1 amide bonds. The fourth-order valence-corrected chi connectivity index (χ4v) is 3.65. The minimum absolute atomic E-state index is 0.0418. The zero-order valence-electron chi connectivity index (χ0n) is 16.8. The fourth-order valence-electron chi connectivity index (χ4n) is 3.65. The highest BCUT2D eigenvalue weighted by atomic mass is 19.4. The molecule has 1 fully saturated rings. The van der Waals surface area contributed by atoms with E-state index in [-0.39, 0.29) is 23.7 Å². The van der Waals surface area contributed by atoms with Crippen LogP contribution in [0.4, 0.5) is 29.3 Å². The number of carbonyl (C=O) groups excluding carboxylic acids is 1. The Morgan fingerprint density at radius 1 is 1.03 bits per heavy atom. The zero-order valence-corrected chi connectivity index (χ0v) is 16.8. The molecule has 3 heterocycles. The molecule has 1 unspecified atom stereocenters. The van der Waals surface area contributed by atoms with Gasteiger partial charge in [0.05, 0.1) is 17.3 Å². The van der Waals surface area contributed by atoms with E-state index < -0.39 is 17.6 Å². The molecular formula is C22H19F4N5O. The minimum atomic E-state index is -4.49. The molecular weight excluding hydrogens is 426 g/mol. The summed E-state index contributed by atoms with van der Waals surface area (Å²) in [5.41, 5.74) is 0.0954. The van der Waals surface area contributed by atoms with E-state index in [1.54, 1.807) is 11.0 Å². The molecule has 10 heteroatoms. The van der Waals surface area contributed by atoms with Gasteiger partial charge in [-0.15, -0.1) is 0 Å². The molecule has 1 atom stereocenters. The molecule has 1 aliphatic heterocycles. The van der Waals surface area contributed by atoms with Crippen molar-refractivity contribution in [1.29, 1.82) is 0 Å². The number of hydrogen-bond donors (Lipinski definition) is 1. The average Bonchev–Trinajstić information content (AvgIpc) is 2.79. The van der Waals surface area contributed by atoms with Crippen LogP contribution in [0.1, 0.15) is 46.9 Å². The summed E-state index contributed by atoms with van der Waals surface area (Å²) in [6, 6.07) is 8.45. The summed E-state index contributed by atoms with van der Waals surface area (Å²) in [5.74, 6) is -0.622. The quantitative estimate of drug-likeness (QED) is 0.563. The monoisotopic (exact) mass is 445 g/mol. The highest BCUT2D eigenvalue weighted by Crippen LogP contribution is 2.32. The Labute approximate surface area is 181 Å². The molecule has 0 aliphatic carbocycles. The van der Waals surface area contributed by atoms with Crippen LogP contribution in [0, 0.1) is 5.82 Å². The molecule has 0 radical (unpaired) electrons. The molecule has 0 saturated carbocycles. The Hall–Kier alpha value is -3.56. The first-order valence-corrected chi connectivity index (χ1v) is 10.0.